The van der Waals surface area contributed by atoms with E-state index in [1.165, 1.54) is 4.88 Å². The van der Waals surface area contributed by atoms with Gasteiger partial charge in [0, 0.05) is 24.6 Å². The van der Waals surface area contributed by atoms with E-state index in [2.05, 4.69) is 27.5 Å². The summed E-state index contributed by atoms with van der Waals surface area (Å²) in [6.45, 7) is 9.06. The van der Waals surface area contributed by atoms with Crippen LogP contribution >= 0.6 is 11.3 Å². The predicted molar refractivity (Wildman–Crippen MR) is 89.6 cm³/mol. The van der Waals surface area contributed by atoms with Crippen LogP contribution in [0.3, 0.4) is 0 Å². The van der Waals surface area contributed by atoms with Gasteiger partial charge >= 0.3 is 0 Å². The largest absolute Gasteiger partial charge is 0.379 e. The molecule has 1 aromatic heterocycles. The maximum atomic E-state index is 5.82. The molecule has 1 fully saturated rings. The van der Waals surface area contributed by atoms with Crippen molar-refractivity contribution >= 4 is 17.3 Å². The van der Waals surface area contributed by atoms with Gasteiger partial charge in [-0.05, 0) is 27.2 Å². The first-order valence-corrected chi connectivity index (χ1v) is 8.49. The van der Waals surface area contributed by atoms with Crippen molar-refractivity contribution in [2.24, 2.45) is 4.99 Å². The minimum atomic E-state index is 0.191. The molecule has 1 aliphatic rings. The summed E-state index contributed by atoms with van der Waals surface area (Å²) in [6, 6.07) is 0.191. The first-order chi connectivity index (χ1) is 10.6. The molecular formula is C15H26N4O2S. The molecule has 0 spiro atoms. The van der Waals surface area contributed by atoms with Crippen molar-refractivity contribution in [1.29, 1.82) is 0 Å². The predicted octanol–water partition coefficient (Wildman–Crippen LogP) is 1.62. The van der Waals surface area contributed by atoms with Crippen molar-refractivity contribution in [2.75, 3.05) is 26.9 Å². The molecule has 0 aliphatic carbocycles. The molecule has 2 rings (SSSR count). The van der Waals surface area contributed by atoms with E-state index < -0.39 is 0 Å². The van der Waals surface area contributed by atoms with Crippen LogP contribution in [0.1, 0.15) is 28.9 Å². The Morgan fingerprint density at radius 3 is 2.95 bits per heavy atom. The van der Waals surface area contributed by atoms with E-state index in [0.717, 1.165) is 36.2 Å². The van der Waals surface area contributed by atoms with Gasteiger partial charge in [-0.3, -0.25) is 4.99 Å². The Balaban J connectivity index is 1.73. The molecular weight excluding hydrogens is 300 g/mol. The van der Waals surface area contributed by atoms with Crippen LogP contribution in [0.15, 0.2) is 4.99 Å². The summed E-state index contributed by atoms with van der Waals surface area (Å²) in [5, 5.41) is 7.77. The number of rotatable bonds is 6. The summed E-state index contributed by atoms with van der Waals surface area (Å²) in [6.07, 6.45) is 1.23. The van der Waals surface area contributed by atoms with Crippen LogP contribution in [0.25, 0.3) is 0 Å². The molecule has 0 radical (unpaired) electrons. The third-order valence-corrected chi connectivity index (χ3v) is 4.57. The molecule has 1 aromatic rings. The summed E-state index contributed by atoms with van der Waals surface area (Å²) in [4.78, 5) is 9.94. The van der Waals surface area contributed by atoms with E-state index in [9.17, 15) is 0 Å². The van der Waals surface area contributed by atoms with E-state index in [-0.39, 0.29) is 12.1 Å². The third-order valence-electron chi connectivity index (χ3n) is 3.49. The Bertz CT molecular complexity index is 498. The second kappa shape index (κ2) is 8.45. The zero-order chi connectivity index (χ0) is 15.9. The molecule has 2 N–H and O–H groups in total. The van der Waals surface area contributed by atoms with Crippen LogP contribution < -0.4 is 10.6 Å². The number of nitrogens with zero attached hydrogens (tertiary/aromatic N) is 2. The fraction of sp³-hybridized carbons (Fsp3) is 0.733. The lowest BCUT2D eigenvalue weighted by Gasteiger charge is -2.19. The summed E-state index contributed by atoms with van der Waals surface area (Å²) in [7, 11) is 1.78. The molecule has 0 amide bonds. The zero-order valence-corrected chi connectivity index (χ0v) is 14.6. The molecule has 1 saturated heterocycles. The average molecular weight is 326 g/mol. The number of ether oxygens (including phenoxy) is 2. The van der Waals surface area contributed by atoms with Gasteiger partial charge in [0.15, 0.2) is 5.96 Å². The van der Waals surface area contributed by atoms with Crippen LogP contribution in [0.2, 0.25) is 0 Å². The zero-order valence-electron chi connectivity index (χ0n) is 13.8. The number of guanidine groups is 1. The Kier molecular flexibility index (Phi) is 6.60. The molecule has 1 aliphatic heterocycles. The van der Waals surface area contributed by atoms with Crippen molar-refractivity contribution in [2.45, 2.75) is 45.9 Å². The van der Waals surface area contributed by atoms with Gasteiger partial charge in [-0.1, -0.05) is 0 Å². The van der Waals surface area contributed by atoms with Gasteiger partial charge in [0.1, 0.15) is 0 Å². The van der Waals surface area contributed by atoms with Crippen LogP contribution in [-0.2, 0) is 16.0 Å². The smallest absolute Gasteiger partial charge is 0.191 e. The maximum absolute atomic E-state index is 5.82. The van der Waals surface area contributed by atoms with Crippen LogP contribution in [0.4, 0.5) is 0 Å². The van der Waals surface area contributed by atoms with Gasteiger partial charge in [0.05, 0.1) is 36.6 Å². The average Bonchev–Trinajstić information content (AvgIpc) is 3.11. The monoisotopic (exact) mass is 326 g/mol. The molecule has 124 valence electrons. The highest BCUT2D eigenvalue weighted by Gasteiger charge is 2.17. The van der Waals surface area contributed by atoms with Gasteiger partial charge in [-0.2, -0.15) is 0 Å². The number of aromatic nitrogens is 1. The second-order valence-electron chi connectivity index (χ2n) is 5.53. The highest BCUT2D eigenvalue weighted by molar-refractivity contribution is 7.11. The van der Waals surface area contributed by atoms with Crippen LogP contribution in [0, 0.1) is 13.8 Å². The van der Waals surface area contributed by atoms with Gasteiger partial charge in [-0.15, -0.1) is 11.3 Å². The van der Waals surface area contributed by atoms with Gasteiger partial charge < -0.3 is 20.1 Å². The van der Waals surface area contributed by atoms with Crippen LogP contribution in [0.5, 0.6) is 0 Å². The van der Waals surface area contributed by atoms with Gasteiger partial charge in [0.25, 0.3) is 0 Å². The van der Waals surface area contributed by atoms with E-state index in [0.29, 0.717) is 13.2 Å². The second-order valence-corrected chi connectivity index (χ2v) is 6.82. The Hall–Kier alpha value is -1.18. The number of aryl methyl sites for hydroxylation is 2. The van der Waals surface area contributed by atoms with E-state index in [1.54, 1.807) is 18.4 Å². The Labute approximate surface area is 136 Å². The summed E-state index contributed by atoms with van der Waals surface area (Å²) < 4.78 is 11.1. The van der Waals surface area contributed by atoms with Crippen molar-refractivity contribution in [1.82, 2.24) is 15.6 Å². The lowest BCUT2D eigenvalue weighted by atomic mass is 10.3. The fourth-order valence-electron chi connectivity index (χ4n) is 2.30. The highest BCUT2D eigenvalue weighted by atomic mass is 32.1. The summed E-state index contributed by atoms with van der Waals surface area (Å²) >= 11 is 1.72. The van der Waals surface area contributed by atoms with Crippen molar-refractivity contribution < 1.29 is 9.47 Å². The first kappa shape index (κ1) is 17.2. The molecule has 2 atom stereocenters. The Morgan fingerprint density at radius 1 is 1.55 bits per heavy atom. The minimum Gasteiger partial charge on any atom is -0.379 e. The normalized spacial score (nSPS) is 20.2. The number of aliphatic imine (C=N–C) groups is 1. The van der Waals surface area contributed by atoms with E-state index in [1.807, 2.05) is 13.8 Å². The summed E-state index contributed by atoms with van der Waals surface area (Å²) in [5.74, 6) is 0.782. The van der Waals surface area contributed by atoms with Gasteiger partial charge in [-0.25, -0.2) is 4.98 Å². The molecule has 0 saturated carbocycles. The van der Waals surface area contributed by atoms with Crippen molar-refractivity contribution in [3.05, 3.63) is 15.6 Å². The minimum absolute atomic E-state index is 0.191. The third kappa shape index (κ3) is 5.23. The molecule has 0 bridgehead atoms. The van der Waals surface area contributed by atoms with Crippen molar-refractivity contribution in [3.8, 4) is 0 Å². The number of hydrogen-bond acceptors (Lipinski definition) is 5. The summed E-state index contributed by atoms with van der Waals surface area (Å²) in [5.41, 5.74) is 1.09. The maximum Gasteiger partial charge on any atom is 0.191 e. The molecule has 2 heterocycles. The van der Waals surface area contributed by atoms with E-state index in [4.69, 9.17) is 9.47 Å². The van der Waals surface area contributed by atoms with E-state index >= 15 is 0 Å². The van der Waals surface area contributed by atoms with Crippen molar-refractivity contribution in [3.63, 3.8) is 0 Å². The number of nitrogens with one attached hydrogen (secondary N) is 2. The molecule has 7 heteroatoms. The molecule has 22 heavy (non-hydrogen) atoms. The highest BCUT2D eigenvalue weighted by Crippen LogP contribution is 2.16. The lowest BCUT2D eigenvalue weighted by molar-refractivity contribution is 0.0347. The fourth-order valence-corrected chi connectivity index (χ4v) is 3.17. The quantitative estimate of drug-likeness (QED) is 0.614. The SMILES string of the molecule is CN=C(NCc1sc(C)nc1C)NC(C)COC1CCOC1. The standard InChI is InChI=1S/C15H26N4O2S/c1-10(8-21-13-5-6-20-9-13)18-15(16-4)17-7-14-11(2)19-12(3)22-14/h10,13H,5-9H2,1-4H3,(H2,16,17,18). The van der Waals surface area contributed by atoms with Crippen LogP contribution in [-0.4, -0.2) is 50.0 Å². The lowest BCUT2D eigenvalue weighted by Crippen LogP contribution is -2.44. The molecule has 2 unspecified atom stereocenters. The number of thiazole rings is 1. The van der Waals surface area contributed by atoms with Gasteiger partial charge in [0.2, 0.25) is 0 Å². The topological polar surface area (TPSA) is 67.8 Å². The molecule has 0 aromatic carbocycles. The first-order valence-electron chi connectivity index (χ1n) is 7.68. The number of hydrogen-bond donors (Lipinski definition) is 2. The Morgan fingerprint density at radius 2 is 2.36 bits per heavy atom. The molecule has 6 nitrogen and oxygen atoms in total.